The van der Waals surface area contributed by atoms with E-state index in [1.807, 2.05) is 12.1 Å². The summed E-state index contributed by atoms with van der Waals surface area (Å²) in [7, 11) is 0. The molecule has 0 aliphatic carbocycles. The van der Waals surface area contributed by atoms with Crippen LogP contribution < -0.4 is 0 Å². The number of benzene rings is 1. The van der Waals surface area contributed by atoms with Gasteiger partial charge in [0.05, 0.1) is 5.02 Å². The number of piperidine rings is 1. The lowest BCUT2D eigenvalue weighted by molar-refractivity contribution is -0.143. The maximum Gasteiger partial charge on any atom is 0.326 e. The van der Waals surface area contributed by atoms with Crippen LogP contribution >= 0.6 is 11.6 Å². The van der Waals surface area contributed by atoms with E-state index in [-0.39, 0.29) is 5.76 Å². The third-order valence-corrected chi connectivity index (χ3v) is 4.33. The van der Waals surface area contributed by atoms with Crippen LogP contribution in [0.5, 0.6) is 0 Å². The molecule has 1 fully saturated rings. The molecule has 23 heavy (non-hydrogen) atoms. The number of amides is 1. The highest BCUT2D eigenvalue weighted by Gasteiger charge is 2.33. The number of aliphatic carboxylic acids is 1. The van der Waals surface area contributed by atoms with Gasteiger partial charge in [-0.05, 0) is 43.5 Å². The molecule has 2 heterocycles. The molecule has 1 N–H and O–H groups in total. The van der Waals surface area contributed by atoms with Gasteiger partial charge in [0.1, 0.15) is 11.8 Å². The number of furan rings is 1. The number of carboxylic acids is 1. The van der Waals surface area contributed by atoms with Gasteiger partial charge in [0, 0.05) is 12.1 Å². The van der Waals surface area contributed by atoms with Crippen LogP contribution in [0.15, 0.2) is 40.8 Å². The number of nitrogens with zero attached hydrogens (tertiary/aromatic N) is 1. The number of hydrogen-bond acceptors (Lipinski definition) is 3. The molecule has 1 aromatic heterocycles. The summed E-state index contributed by atoms with van der Waals surface area (Å²) < 4.78 is 5.63. The minimum atomic E-state index is -0.976. The van der Waals surface area contributed by atoms with Gasteiger partial charge in [-0.3, -0.25) is 4.79 Å². The Morgan fingerprint density at radius 1 is 1.17 bits per heavy atom. The number of hydrogen-bond donors (Lipinski definition) is 1. The minimum Gasteiger partial charge on any atom is -0.480 e. The third-order valence-electron chi connectivity index (χ3n) is 4.00. The molecule has 1 aliphatic heterocycles. The number of carbonyl (C=O) groups is 2. The fourth-order valence-corrected chi connectivity index (χ4v) is 3.06. The molecule has 1 unspecified atom stereocenters. The zero-order valence-corrected chi connectivity index (χ0v) is 13.1. The lowest BCUT2D eigenvalue weighted by Gasteiger charge is -2.32. The molecule has 5 nitrogen and oxygen atoms in total. The molecule has 120 valence electrons. The standard InChI is InChI=1S/C17H16ClNO4/c18-12-6-2-1-5-11(12)14-8-9-15(23-14)16(20)19-10-4-3-7-13(19)17(21)22/h1-2,5-6,8-9,13H,3-4,7,10H2,(H,21,22). The largest absolute Gasteiger partial charge is 0.480 e. The van der Waals surface area contributed by atoms with Gasteiger partial charge in [-0.25, -0.2) is 4.79 Å². The summed E-state index contributed by atoms with van der Waals surface area (Å²) in [4.78, 5) is 25.3. The third kappa shape index (κ3) is 3.10. The summed E-state index contributed by atoms with van der Waals surface area (Å²) in [5.74, 6) is -0.748. The van der Waals surface area contributed by atoms with Gasteiger partial charge in [0.15, 0.2) is 5.76 Å². The second kappa shape index (κ2) is 6.46. The second-order valence-corrected chi connectivity index (χ2v) is 5.90. The smallest absolute Gasteiger partial charge is 0.326 e. The molecular formula is C17H16ClNO4. The predicted octanol–water partition coefficient (Wildman–Crippen LogP) is 3.68. The highest BCUT2D eigenvalue weighted by Crippen LogP contribution is 2.30. The van der Waals surface area contributed by atoms with Crippen LogP contribution in [0.2, 0.25) is 5.02 Å². The van der Waals surface area contributed by atoms with Gasteiger partial charge in [0.25, 0.3) is 5.91 Å². The molecule has 1 aliphatic rings. The zero-order chi connectivity index (χ0) is 16.4. The molecule has 2 aromatic rings. The number of carboxylic acid groups (broad SMARTS) is 1. The molecule has 1 amide bonds. The first-order valence-electron chi connectivity index (χ1n) is 7.46. The van der Waals surface area contributed by atoms with Crippen molar-refractivity contribution in [2.24, 2.45) is 0 Å². The molecule has 0 saturated carbocycles. The Morgan fingerprint density at radius 2 is 1.96 bits per heavy atom. The van der Waals surface area contributed by atoms with Gasteiger partial charge < -0.3 is 14.4 Å². The lowest BCUT2D eigenvalue weighted by Crippen LogP contribution is -2.47. The highest BCUT2D eigenvalue weighted by atomic mass is 35.5. The normalized spacial score (nSPS) is 18.0. The number of rotatable bonds is 3. The molecule has 1 aromatic carbocycles. The minimum absolute atomic E-state index is 0.132. The monoisotopic (exact) mass is 333 g/mol. The molecular weight excluding hydrogens is 318 g/mol. The van der Waals surface area contributed by atoms with Crippen molar-refractivity contribution in [1.82, 2.24) is 4.90 Å². The van der Waals surface area contributed by atoms with Crippen molar-refractivity contribution in [3.63, 3.8) is 0 Å². The Bertz CT molecular complexity index is 740. The molecule has 3 rings (SSSR count). The summed E-state index contributed by atoms with van der Waals surface area (Å²) in [5, 5.41) is 9.81. The second-order valence-electron chi connectivity index (χ2n) is 5.49. The summed E-state index contributed by atoms with van der Waals surface area (Å²) in [6, 6.07) is 9.64. The Hall–Kier alpha value is -2.27. The predicted molar refractivity (Wildman–Crippen MR) is 85.5 cm³/mol. The Morgan fingerprint density at radius 3 is 2.70 bits per heavy atom. The van der Waals surface area contributed by atoms with E-state index in [1.165, 1.54) is 4.90 Å². The number of carbonyl (C=O) groups excluding carboxylic acids is 1. The highest BCUT2D eigenvalue weighted by molar-refractivity contribution is 6.33. The fraction of sp³-hybridized carbons (Fsp3) is 0.294. The van der Waals surface area contributed by atoms with Crippen LogP contribution in [0.4, 0.5) is 0 Å². The Kier molecular flexibility index (Phi) is 4.39. The van der Waals surface area contributed by atoms with Gasteiger partial charge in [-0.1, -0.05) is 23.7 Å². The van der Waals surface area contributed by atoms with Crippen LogP contribution in [-0.4, -0.2) is 34.5 Å². The molecule has 0 radical (unpaired) electrons. The van der Waals surface area contributed by atoms with Crippen LogP contribution in [0.3, 0.4) is 0 Å². The Balaban J connectivity index is 1.86. The van der Waals surface area contributed by atoms with Gasteiger partial charge >= 0.3 is 5.97 Å². The average Bonchev–Trinajstić information content (AvgIpc) is 3.04. The van der Waals surface area contributed by atoms with Gasteiger partial charge in [-0.15, -0.1) is 0 Å². The van der Waals surface area contributed by atoms with Crippen molar-refractivity contribution >= 4 is 23.5 Å². The SMILES string of the molecule is O=C(O)C1CCCCN1C(=O)c1ccc(-c2ccccc2Cl)o1. The van der Waals surface area contributed by atoms with Crippen molar-refractivity contribution in [3.8, 4) is 11.3 Å². The average molecular weight is 334 g/mol. The van der Waals surface area contributed by atoms with Crippen molar-refractivity contribution in [3.05, 3.63) is 47.2 Å². The lowest BCUT2D eigenvalue weighted by atomic mass is 10.0. The number of halogens is 1. The van der Waals surface area contributed by atoms with Gasteiger partial charge in [-0.2, -0.15) is 0 Å². The first-order valence-corrected chi connectivity index (χ1v) is 7.84. The van der Waals surface area contributed by atoms with Crippen LogP contribution in [0.25, 0.3) is 11.3 Å². The summed E-state index contributed by atoms with van der Waals surface area (Å²) in [5.41, 5.74) is 0.696. The molecule has 0 spiro atoms. The van der Waals surface area contributed by atoms with E-state index >= 15 is 0 Å². The molecule has 0 bridgehead atoms. The van der Waals surface area contributed by atoms with Crippen molar-refractivity contribution in [1.29, 1.82) is 0 Å². The molecule has 6 heteroatoms. The zero-order valence-electron chi connectivity index (χ0n) is 12.4. The van der Waals surface area contributed by atoms with Crippen LogP contribution in [0.1, 0.15) is 29.8 Å². The van der Waals surface area contributed by atoms with Crippen LogP contribution in [-0.2, 0) is 4.79 Å². The van der Waals surface area contributed by atoms with Crippen molar-refractivity contribution in [2.75, 3.05) is 6.54 Å². The van der Waals surface area contributed by atoms with Crippen molar-refractivity contribution in [2.45, 2.75) is 25.3 Å². The molecule has 1 saturated heterocycles. The van der Waals surface area contributed by atoms with E-state index in [4.69, 9.17) is 16.0 Å². The van der Waals surface area contributed by atoms with E-state index in [2.05, 4.69) is 0 Å². The summed E-state index contributed by atoms with van der Waals surface area (Å²) in [6.07, 6.45) is 2.08. The van der Waals surface area contributed by atoms with E-state index < -0.39 is 17.9 Å². The first kappa shape index (κ1) is 15.6. The van der Waals surface area contributed by atoms with E-state index in [0.717, 1.165) is 12.8 Å². The maximum absolute atomic E-state index is 12.6. The topological polar surface area (TPSA) is 70.8 Å². The number of likely N-dealkylation sites (tertiary alicyclic amines) is 1. The fourth-order valence-electron chi connectivity index (χ4n) is 2.83. The van der Waals surface area contributed by atoms with E-state index in [1.54, 1.807) is 24.3 Å². The first-order chi connectivity index (χ1) is 11.1. The van der Waals surface area contributed by atoms with Crippen LogP contribution in [0, 0.1) is 0 Å². The maximum atomic E-state index is 12.6. The summed E-state index contributed by atoms with van der Waals surface area (Å²) in [6.45, 7) is 0.428. The van der Waals surface area contributed by atoms with Crippen molar-refractivity contribution < 1.29 is 19.1 Å². The van der Waals surface area contributed by atoms with E-state index in [9.17, 15) is 14.7 Å². The summed E-state index contributed by atoms with van der Waals surface area (Å²) >= 11 is 6.13. The molecule has 1 atom stereocenters. The van der Waals surface area contributed by atoms with Gasteiger partial charge in [0.2, 0.25) is 0 Å². The quantitative estimate of drug-likeness (QED) is 0.930. The van der Waals surface area contributed by atoms with E-state index in [0.29, 0.717) is 29.3 Å². The Labute approximate surface area is 138 Å².